The minimum atomic E-state index is 0.0922. The molecule has 1 amide bonds. The molecule has 1 aromatic rings. The lowest BCUT2D eigenvalue weighted by Crippen LogP contribution is -2.39. The van der Waals surface area contributed by atoms with E-state index < -0.39 is 0 Å². The number of nitrogens with zero attached hydrogens (tertiary/aromatic N) is 1. The van der Waals surface area contributed by atoms with Gasteiger partial charge >= 0.3 is 0 Å². The second-order valence-electron chi connectivity index (χ2n) is 4.22. The third kappa shape index (κ3) is 5.19. The van der Waals surface area contributed by atoms with Crippen LogP contribution in [0.2, 0.25) is 0 Å². The monoisotopic (exact) mass is 318 g/mol. The van der Waals surface area contributed by atoms with Crippen molar-refractivity contribution in [2.45, 2.75) is 33.4 Å². The molecule has 0 saturated carbocycles. The Bertz CT molecular complexity index is 365. The van der Waals surface area contributed by atoms with Gasteiger partial charge in [0, 0.05) is 21.9 Å². The minimum Gasteiger partial charge on any atom is -0.353 e. The summed E-state index contributed by atoms with van der Waals surface area (Å²) in [7, 11) is 0. The molecule has 0 radical (unpaired) electrons. The van der Waals surface area contributed by atoms with Gasteiger partial charge in [0.05, 0.1) is 6.54 Å². The van der Waals surface area contributed by atoms with Crippen LogP contribution in [0.15, 0.2) is 15.9 Å². The van der Waals surface area contributed by atoms with Crippen LogP contribution in [0, 0.1) is 0 Å². The van der Waals surface area contributed by atoms with Crippen LogP contribution in [0.1, 0.15) is 25.6 Å². The first-order chi connectivity index (χ1) is 8.02. The van der Waals surface area contributed by atoms with Crippen molar-refractivity contribution in [3.05, 3.63) is 20.8 Å². The van der Waals surface area contributed by atoms with Crippen molar-refractivity contribution in [3.8, 4) is 0 Å². The van der Waals surface area contributed by atoms with Crippen LogP contribution in [-0.2, 0) is 11.3 Å². The van der Waals surface area contributed by atoms with E-state index in [4.69, 9.17) is 0 Å². The number of thiophene rings is 1. The Hall–Kier alpha value is -0.390. The first kappa shape index (κ1) is 14.7. The molecule has 0 saturated heterocycles. The molecule has 1 heterocycles. The molecule has 1 aromatic heterocycles. The van der Waals surface area contributed by atoms with E-state index in [1.54, 1.807) is 11.3 Å². The summed E-state index contributed by atoms with van der Waals surface area (Å²) in [6.07, 6.45) is 0. The lowest BCUT2D eigenvalue weighted by atomic mass is 10.3. The van der Waals surface area contributed by atoms with Gasteiger partial charge in [0.25, 0.3) is 0 Å². The average Bonchev–Trinajstić information content (AvgIpc) is 2.62. The molecule has 0 spiro atoms. The Kier molecular flexibility index (Phi) is 6.16. The van der Waals surface area contributed by atoms with E-state index in [1.807, 2.05) is 19.9 Å². The number of hydrogen-bond acceptors (Lipinski definition) is 3. The topological polar surface area (TPSA) is 32.3 Å². The second kappa shape index (κ2) is 7.13. The molecule has 0 aliphatic heterocycles. The fourth-order valence-corrected chi connectivity index (χ4v) is 3.01. The van der Waals surface area contributed by atoms with Crippen LogP contribution in [0.5, 0.6) is 0 Å². The number of likely N-dealkylation sites (N-methyl/N-ethyl adjacent to an activating group) is 1. The number of amides is 1. The largest absolute Gasteiger partial charge is 0.353 e. The number of nitrogens with one attached hydrogen (secondary N) is 1. The minimum absolute atomic E-state index is 0.0922. The maximum absolute atomic E-state index is 11.7. The zero-order valence-corrected chi connectivity index (χ0v) is 12.9. The predicted octanol–water partition coefficient (Wildman–Crippen LogP) is 2.86. The van der Waals surface area contributed by atoms with Crippen molar-refractivity contribution in [2.75, 3.05) is 13.1 Å². The van der Waals surface area contributed by atoms with E-state index in [-0.39, 0.29) is 11.9 Å². The summed E-state index contributed by atoms with van der Waals surface area (Å²) < 4.78 is 1.13. The van der Waals surface area contributed by atoms with Gasteiger partial charge in [-0.05, 0) is 47.8 Å². The predicted molar refractivity (Wildman–Crippen MR) is 76.2 cm³/mol. The molecule has 1 N–H and O–H groups in total. The van der Waals surface area contributed by atoms with Gasteiger partial charge in [-0.3, -0.25) is 9.69 Å². The number of hydrogen-bond donors (Lipinski definition) is 1. The molecular weight excluding hydrogens is 300 g/mol. The van der Waals surface area contributed by atoms with Gasteiger partial charge in [0.15, 0.2) is 0 Å². The molecule has 0 aliphatic carbocycles. The van der Waals surface area contributed by atoms with Gasteiger partial charge in [0.2, 0.25) is 5.91 Å². The zero-order chi connectivity index (χ0) is 12.8. The van der Waals surface area contributed by atoms with Crippen molar-refractivity contribution >= 4 is 33.2 Å². The van der Waals surface area contributed by atoms with E-state index in [2.05, 4.69) is 38.5 Å². The fourth-order valence-electron chi connectivity index (χ4n) is 1.49. The Labute approximate surface area is 115 Å². The normalized spacial score (nSPS) is 11.2. The lowest BCUT2D eigenvalue weighted by Gasteiger charge is -2.20. The Morgan fingerprint density at radius 1 is 1.59 bits per heavy atom. The van der Waals surface area contributed by atoms with Crippen molar-refractivity contribution in [1.29, 1.82) is 0 Å². The van der Waals surface area contributed by atoms with Crippen molar-refractivity contribution in [2.24, 2.45) is 0 Å². The summed E-state index contributed by atoms with van der Waals surface area (Å²) in [5.74, 6) is 0.0922. The number of carbonyl (C=O) groups excluding carboxylic acids is 1. The van der Waals surface area contributed by atoms with E-state index in [0.29, 0.717) is 6.54 Å². The van der Waals surface area contributed by atoms with Crippen LogP contribution in [0.4, 0.5) is 0 Å². The molecule has 96 valence electrons. The summed E-state index contributed by atoms with van der Waals surface area (Å²) >= 11 is 5.23. The Morgan fingerprint density at radius 2 is 2.29 bits per heavy atom. The van der Waals surface area contributed by atoms with E-state index >= 15 is 0 Å². The van der Waals surface area contributed by atoms with Crippen molar-refractivity contribution in [1.82, 2.24) is 10.2 Å². The highest BCUT2D eigenvalue weighted by atomic mass is 79.9. The fraction of sp³-hybridized carbons (Fsp3) is 0.583. The second-order valence-corrected chi connectivity index (χ2v) is 6.07. The smallest absolute Gasteiger partial charge is 0.234 e. The van der Waals surface area contributed by atoms with Crippen molar-refractivity contribution < 1.29 is 4.79 Å². The summed E-state index contributed by atoms with van der Waals surface area (Å²) in [5, 5.41) is 4.97. The molecule has 0 atom stereocenters. The van der Waals surface area contributed by atoms with Gasteiger partial charge in [0.1, 0.15) is 0 Å². The highest BCUT2D eigenvalue weighted by molar-refractivity contribution is 9.10. The van der Waals surface area contributed by atoms with Gasteiger partial charge in [-0.1, -0.05) is 6.92 Å². The lowest BCUT2D eigenvalue weighted by molar-refractivity contribution is -0.122. The third-order valence-corrected chi connectivity index (χ3v) is 4.23. The molecule has 5 heteroatoms. The van der Waals surface area contributed by atoms with E-state index in [1.165, 1.54) is 4.88 Å². The van der Waals surface area contributed by atoms with Gasteiger partial charge < -0.3 is 5.32 Å². The summed E-state index contributed by atoms with van der Waals surface area (Å²) in [4.78, 5) is 15.1. The van der Waals surface area contributed by atoms with Crippen LogP contribution in [0.25, 0.3) is 0 Å². The van der Waals surface area contributed by atoms with Crippen LogP contribution in [-0.4, -0.2) is 29.9 Å². The summed E-state index contributed by atoms with van der Waals surface area (Å²) in [6.45, 7) is 8.17. The molecular formula is C12H19BrN2OS. The molecule has 3 nitrogen and oxygen atoms in total. The molecule has 0 bridgehead atoms. The first-order valence-electron chi connectivity index (χ1n) is 5.76. The summed E-state index contributed by atoms with van der Waals surface area (Å²) in [6, 6.07) is 2.25. The number of rotatable bonds is 6. The molecule has 1 rings (SSSR count). The third-order valence-electron chi connectivity index (χ3n) is 2.32. The van der Waals surface area contributed by atoms with E-state index in [9.17, 15) is 4.79 Å². The molecule has 0 fully saturated rings. The molecule has 0 aliphatic rings. The zero-order valence-electron chi connectivity index (χ0n) is 10.5. The van der Waals surface area contributed by atoms with Crippen LogP contribution in [0.3, 0.4) is 0 Å². The molecule has 0 unspecified atom stereocenters. The highest BCUT2D eigenvalue weighted by Crippen LogP contribution is 2.23. The Balaban J connectivity index is 2.49. The number of halogens is 1. The first-order valence-corrected chi connectivity index (χ1v) is 7.43. The van der Waals surface area contributed by atoms with E-state index in [0.717, 1.165) is 17.6 Å². The van der Waals surface area contributed by atoms with Crippen molar-refractivity contribution in [3.63, 3.8) is 0 Å². The highest BCUT2D eigenvalue weighted by Gasteiger charge is 2.12. The SMILES string of the molecule is CCN(CC(=O)NC(C)C)Cc1sccc1Br. The quantitative estimate of drug-likeness (QED) is 0.874. The average molecular weight is 319 g/mol. The maximum Gasteiger partial charge on any atom is 0.234 e. The van der Waals surface area contributed by atoms with Crippen LogP contribution >= 0.6 is 27.3 Å². The standard InChI is InChI=1S/C12H19BrN2OS/c1-4-15(8-12(16)14-9(2)3)7-11-10(13)5-6-17-11/h5-6,9H,4,7-8H2,1-3H3,(H,14,16). The molecule has 0 aromatic carbocycles. The maximum atomic E-state index is 11.7. The summed E-state index contributed by atoms with van der Waals surface area (Å²) in [5.41, 5.74) is 0. The number of carbonyl (C=O) groups is 1. The van der Waals surface area contributed by atoms with Crippen LogP contribution < -0.4 is 5.32 Å². The van der Waals surface area contributed by atoms with Gasteiger partial charge in [-0.15, -0.1) is 11.3 Å². The Morgan fingerprint density at radius 3 is 2.76 bits per heavy atom. The molecule has 17 heavy (non-hydrogen) atoms. The van der Waals surface area contributed by atoms with Gasteiger partial charge in [-0.25, -0.2) is 0 Å². The van der Waals surface area contributed by atoms with Gasteiger partial charge in [-0.2, -0.15) is 0 Å².